The average molecular weight is 281 g/mol. The number of benzene rings is 2. The Morgan fingerprint density at radius 2 is 1.90 bits per heavy atom. The van der Waals surface area contributed by atoms with Crippen molar-refractivity contribution in [1.82, 2.24) is 0 Å². The van der Waals surface area contributed by atoms with Crippen molar-refractivity contribution in [2.45, 2.75) is 13.2 Å². The lowest BCUT2D eigenvalue weighted by Gasteiger charge is -2.34. The molecule has 0 aliphatic carbocycles. The predicted molar refractivity (Wildman–Crippen MR) is 80.6 cm³/mol. The zero-order chi connectivity index (χ0) is 14.8. The van der Waals surface area contributed by atoms with Crippen LogP contribution in [0.1, 0.15) is 17.3 Å². The molecule has 1 atom stereocenters. The normalized spacial score (nSPS) is 16.9. The van der Waals surface area contributed by atoms with Crippen LogP contribution in [0.25, 0.3) is 0 Å². The maximum absolute atomic E-state index is 12.6. The molecule has 0 unspecified atom stereocenters. The van der Waals surface area contributed by atoms with Crippen LogP contribution in [0.3, 0.4) is 0 Å². The zero-order valence-electron chi connectivity index (χ0n) is 11.7. The lowest BCUT2D eigenvalue weighted by Crippen LogP contribution is -2.45. The van der Waals surface area contributed by atoms with Crippen LogP contribution in [0.2, 0.25) is 0 Å². The first-order chi connectivity index (χ1) is 10.2. The fraction of sp³-hybridized carbons (Fsp3) is 0.118. The number of carbonyl (C=O) groups excluding carboxylic acids is 1. The standard InChI is InChI=1S/C17H15NO3/c1-3-20-14-10-8-13(9-11-14)18-12(2)21-16-7-5-4-6-15(16)17(18)19/h3-12H,1H2,2H3/t12-/m1/s1. The maximum Gasteiger partial charge on any atom is 0.264 e. The number of nitrogens with zero attached hydrogens (tertiary/aromatic N) is 1. The highest BCUT2D eigenvalue weighted by molar-refractivity contribution is 6.09. The van der Waals surface area contributed by atoms with Gasteiger partial charge in [0.05, 0.1) is 11.8 Å². The molecule has 3 rings (SSSR count). The minimum atomic E-state index is -0.362. The molecule has 0 saturated carbocycles. The molecular formula is C17H15NO3. The van der Waals surface area contributed by atoms with E-state index in [9.17, 15) is 4.79 Å². The van der Waals surface area contributed by atoms with Crippen LogP contribution in [0.4, 0.5) is 5.69 Å². The van der Waals surface area contributed by atoms with E-state index in [0.29, 0.717) is 17.1 Å². The molecule has 0 spiro atoms. The van der Waals surface area contributed by atoms with Crippen molar-refractivity contribution >= 4 is 11.6 Å². The Morgan fingerprint density at radius 1 is 1.19 bits per heavy atom. The van der Waals surface area contributed by atoms with Crippen LogP contribution < -0.4 is 14.4 Å². The number of hydrogen-bond donors (Lipinski definition) is 0. The number of ether oxygens (including phenoxy) is 2. The molecule has 0 aromatic heterocycles. The van der Waals surface area contributed by atoms with E-state index in [1.807, 2.05) is 37.3 Å². The van der Waals surface area contributed by atoms with Crippen LogP contribution in [0.15, 0.2) is 61.4 Å². The topological polar surface area (TPSA) is 38.8 Å². The number of carbonyl (C=O) groups is 1. The lowest BCUT2D eigenvalue weighted by atomic mass is 10.1. The Hall–Kier alpha value is -2.75. The van der Waals surface area contributed by atoms with E-state index in [4.69, 9.17) is 9.47 Å². The molecule has 2 aromatic rings. The molecule has 0 bridgehead atoms. The lowest BCUT2D eigenvalue weighted by molar-refractivity contribution is 0.0877. The molecule has 0 radical (unpaired) electrons. The second kappa shape index (κ2) is 5.32. The Labute approximate surface area is 123 Å². The highest BCUT2D eigenvalue weighted by atomic mass is 16.5. The van der Waals surface area contributed by atoms with Crippen LogP contribution in [0.5, 0.6) is 11.5 Å². The molecule has 1 aliphatic rings. The van der Waals surface area contributed by atoms with Crippen molar-refractivity contribution in [1.29, 1.82) is 0 Å². The van der Waals surface area contributed by atoms with E-state index in [1.165, 1.54) is 6.26 Å². The van der Waals surface area contributed by atoms with E-state index in [-0.39, 0.29) is 12.1 Å². The third-order valence-corrected chi connectivity index (χ3v) is 3.33. The van der Waals surface area contributed by atoms with Crippen molar-refractivity contribution in [2.24, 2.45) is 0 Å². The van der Waals surface area contributed by atoms with Crippen molar-refractivity contribution < 1.29 is 14.3 Å². The Morgan fingerprint density at radius 3 is 2.62 bits per heavy atom. The van der Waals surface area contributed by atoms with Gasteiger partial charge >= 0.3 is 0 Å². The minimum Gasteiger partial charge on any atom is -0.470 e. The number of rotatable bonds is 3. The van der Waals surface area contributed by atoms with Gasteiger partial charge in [-0.2, -0.15) is 0 Å². The summed E-state index contributed by atoms with van der Waals surface area (Å²) in [5.41, 5.74) is 1.33. The zero-order valence-corrected chi connectivity index (χ0v) is 11.7. The van der Waals surface area contributed by atoms with Gasteiger partial charge < -0.3 is 9.47 Å². The molecule has 21 heavy (non-hydrogen) atoms. The summed E-state index contributed by atoms with van der Waals surface area (Å²) in [6.45, 7) is 5.36. The summed E-state index contributed by atoms with van der Waals surface area (Å²) in [6.07, 6.45) is 1.00. The third kappa shape index (κ3) is 2.36. The van der Waals surface area contributed by atoms with Crippen molar-refractivity contribution in [3.63, 3.8) is 0 Å². The first kappa shape index (κ1) is 13.2. The fourth-order valence-corrected chi connectivity index (χ4v) is 2.39. The fourth-order valence-electron chi connectivity index (χ4n) is 2.39. The third-order valence-electron chi connectivity index (χ3n) is 3.33. The van der Waals surface area contributed by atoms with Gasteiger partial charge in [0.15, 0.2) is 6.23 Å². The van der Waals surface area contributed by atoms with Gasteiger partial charge in [-0.05, 0) is 43.3 Å². The Kier molecular flexibility index (Phi) is 3.36. The van der Waals surface area contributed by atoms with Crippen molar-refractivity contribution in [3.05, 3.63) is 66.9 Å². The first-order valence-corrected chi connectivity index (χ1v) is 6.67. The van der Waals surface area contributed by atoms with E-state index >= 15 is 0 Å². The van der Waals surface area contributed by atoms with Crippen molar-refractivity contribution in [2.75, 3.05) is 4.90 Å². The SMILES string of the molecule is C=COc1ccc(N2C(=O)c3ccccc3O[C@@H]2C)cc1. The number of anilines is 1. The smallest absolute Gasteiger partial charge is 0.264 e. The first-order valence-electron chi connectivity index (χ1n) is 6.67. The van der Waals surface area contributed by atoms with E-state index < -0.39 is 0 Å². The second-order valence-electron chi connectivity index (χ2n) is 4.67. The molecule has 1 amide bonds. The molecule has 2 aromatic carbocycles. The number of hydrogen-bond acceptors (Lipinski definition) is 3. The molecule has 4 nitrogen and oxygen atoms in total. The largest absolute Gasteiger partial charge is 0.470 e. The van der Waals surface area contributed by atoms with Gasteiger partial charge in [0.1, 0.15) is 11.5 Å². The molecule has 0 fully saturated rings. The van der Waals surface area contributed by atoms with Gasteiger partial charge in [0.2, 0.25) is 0 Å². The molecule has 106 valence electrons. The van der Waals surface area contributed by atoms with E-state index in [2.05, 4.69) is 6.58 Å². The summed E-state index contributed by atoms with van der Waals surface area (Å²) >= 11 is 0. The summed E-state index contributed by atoms with van der Waals surface area (Å²) in [5.74, 6) is 1.23. The van der Waals surface area contributed by atoms with Crippen LogP contribution >= 0.6 is 0 Å². The van der Waals surface area contributed by atoms with E-state index in [0.717, 1.165) is 5.69 Å². The number of amides is 1. The van der Waals surface area contributed by atoms with E-state index in [1.54, 1.807) is 23.1 Å². The van der Waals surface area contributed by atoms with Gasteiger partial charge in [-0.3, -0.25) is 9.69 Å². The highest BCUT2D eigenvalue weighted by Crippen LogP contribution is 2.31. The predicted octanol–water partition coefficient (Wildman–Crippen LogP) is 3.59. The van der Waals surface area contributed by atoms with Gasteiger partial charge in [-0.25, -0.2) is 0 Å². The summed E-state index contributed by atoms with van der Waals surface area (Å²) in [6, 6.07) is 14.5. The van der Waals surface area contributed by atoms with Crippen LogP contribution in [0, 0.1) is 0 Å². The van der Waals surface area contributed by atoms with Crippen molar-refractivity contribution in [3.8, 4) is 11.5 Å². The van der Waals surface area contributed by atoms with Crippen LogP contribution in [-0.2, 0) is 0 Å². The Balaban J connectivity index is 1.95. The maximum atomic E-state index is 12.6. The summed E-state index contributed by atoms with van der Waals surface area (Å²) < 4.78 is 11.0. The monoisotopic (exact) mass is 281 g/mol. The van der Waals surface area contributed by atoms with Gasteiger partial charge in [0, 0.05) is 5.69 Å². The summed E-state index contributed by atoms with van der Waals surface area (Å²) in [7, 11) is 0. The quantitative estimate of drug-likeness (QED) is 0.807. The second-order valence-corrected chi connectivity index (χ2v) is 4.67. The highest BCUT2D eigenvalue weighted by Gasteiger charge is 2.31. The Bertz CT molecular complexity index is 679. The molecule has 4 heteroatoms. The van der Waals surface area contributed by atoms with Gasteiger partial charge in [-0.1, -0.05) is 18.7 Å². The summed E-state index contributed by atoms with van der Waals surface area (Å²) in [5, 5.41) is 0. The van der Waals surface area contributed by atoms with Gasteiger partial charge in [0.25, 0.3) is 5.91 Å². The molecule has 0 N–H and O–H groups in total. The molecular weight excluding hydrogens is 266 g/mol. The molecule has 0 saturated heterocycles. The van der Waals surface area contributed by atoms with Crippen LogP contribution in [-0.4, -0.2) is 12.1 Å². The molecule has 1 heterocycles. The number of para-hydroxylation sites is 1. The number of fused-ring (bicyclic) bond motifs is 1. The van der Waals surface area contributed by atoms with Gasteiger partial charge in [-0.15, -0.1) is 0 Å². The average Bonchev–Trinajstić information content (AvgIpc) is 2.49. The summed E-state index contributed by atoms with van der Waals surface area (Å²) in [4.78, 5) is 14.3. The minimum absolute atomic E-state index is 0.0678. The molecule has 1 aliphatic heterocycles.